The Morgan fingerprint density at radius 3 is 2.38 bits per heavy atom. The number of alkyl halides is 3. The molecule has 0 bridgehead atoms. The molecule has 0 N–H and O–H groups in total. The summed E-state index contributed by atoms with van der Waals surface area (Å²) in [5.41, 5.74) is 0.0415. The quantitative estimate of drug-likeness (QED) is 0.192. The van der Waals surface area contributed by atoms with Gasteiger partial charge in [-0.15, -0.1) is 0 Å². The van der Waals surface area contributed by atoms with Crippen molar-refractivity contribution < 1.29 is 27.1 Å². The average Bonchev–Trinajstić information content (AvgIpc) is 3.32. The maximum Gasteiger partial charge on any atom is 0.417 e. The van der Waals surface area contributed by atoms with E-state index in [9.17, 15) is 22.4 Å². The van der Waals surface area contributed by atoms with Crippen LogP contribution in [0.25, 0.3) is 34.2 Å². The van der Waals surface area contributed by atoms with E-state index in [2.05, 4.69) is 25.1 Å². The summed E-state index contributed by atoms with van der Waals surface area (Å²) in [5.74, 6) is -0.835. The molecule has 0 saturated heterocycles. The largest absolute Gasteiger partial charge is 0.461 e. The number of fused-ring (bicyclic) bond motifs is 1. The van der Waals surface area contributed by atoms with Crippen molar-refractivity contribution in [2.45, 2.75) is 39.1 Å². The Morgan fingerprint density at radius 2 is 1.70 bits per heavy atom. The van der Waals surface area contributed by atoms with Gasteiger partial charge in [-0.05, 0) is 51.1 Å². The fourth-order valence-electron chi connectivity index (χ4n) is 4.17. The standard InChI is InChI=1S/C28H22F4N6O2/c1-15(2)40-27(39)24(22-11-10-21(36-37-22)17-9-8-16(3)12-19(17)28(30,31)32)38-13-23-26(33-14-38)35-25(34-23)18-6-4-5-7-20(18)29/h4-15,24H,1-3H3. The number of aryl methyl sites for hydroxylation is 1. The fourth-order valence-corrected chi connectivity index (χ4v) is 4.17. The molecule has 2 aromatic carbocycles. The number of aromatic nitrogens is 6. The number of hydrogen-bond acceptors (Lipinski definition) is 7. The predicted octanol–water partition coefficient (Wildman–Crippen LogP) is 5.91. The monoisotopic (exact) mass is 550 g/mol. The summed E-state index contributed by atoms with van der Waals surface area (Å²) in [5, 5.41) is 8.11. The molecule has 1 aromatic heterocycles. The Hall–Kier alpha value is -4.74. The molecule has 1 unspecified atom stereocenters. The number of hydrogen-bond donors (Lipinski definition) is 0. The third-order valence-corrected chi connectivity index (χ3v) is 5.96. The summed E-state index contributed by atoms with van der Waals surface area (Å²) >= 11 is 0. The fraction of sp³-hybridized carbons (Fsp3) is 0.214. The Bertz CT molecular complexity index is 1650. The molecule has 3 aromatic rings. The number of nitrogens with zero attached hydrogens (tertiary/aromatic N) is 6. The maximum absolute atomic E-state index is 14.3. The number of ether oxygens (including phenoxy) is 1. The molecule has 0 saturated carbocycles. The third-order valence-electron chi connectivity index (χ3n) is 5.96. The summed E-state index contributed by atoms with van der Waals surface area (Å²) in [6.45, 7) is 4.92. The van der Waals surface area contributed by atoms with Crippen molar-refractivity contribution in [2.24, 2.45) is 0 Å². The highest BCUT2D eigenvalue weighted by Gasteiger charge is 2.34. The van der Waals surface area contributed by atoms with Crippen molar-refractivity contribution in [1.29, 1.82) is 0 Å². The normalized spacial score (nSPS) is 12.6. The van der Waals surface area contributed by atoms with E-state index in [0.29, 0.717) is 5.56 Å². The summed E-state index contributed by atoms with van der Waals surface area (Å²) in [6, 6.07) is 11.5. The highest BCUT2D eigenvalue weighted by molar-refractivity contribution is 5.78. The molecular weight excluding hydrogens is 528 g/mol. The van der Waals surface area contributed by atoms with Crippen LogP contribution in [0.3, 0.4) is 0 Å². The molecule has 0 amide bonds. The van der Waals surface area contributed by atoms with Crippen molar-refractivity contribution in [3.8, 4) is 34.2 Å². The molecule has 1 atom stereocenters. The number of carbonyl (C=O) groups excluding carboxylic acids is 1. The van der Waals surface area contributed by atoms with Gasteiger partial charge < -0.3 is 9.30 Å². The lowest BCUT2D eigenvalue weighted by Gasteiger charge is -2.20. The minimum atomic E-state index is -4.59. The molecule has 0 aliphatic carbocycles. The predicted molar refractivity (Wildman–Crippen MR) is 136 cm³/mol. The van der Waals surface area contributed by atoms with Crippen LogP contribution in [0.1, 0.15) is 36.7 Å². The molecule has 40 heavy (non-hydrogen) atoms. The number of rotatable bonds is 6. The molecule has 0 radical (unpaired) electrons. The van der Waals surface area contributed by atoms with E-state index in [-0.39, 0.29) is 39.9 Å². The van der Waals surface area contributed by atoms with Crippen LogP contribution < -0.4 is 0 Å². The van der Waals surface area contributed by atoms with Crippen LogP contribution in [0, 0.1) is 12.7 Å². The lowest BCUT2D eigenvalue weighted by molar-refractivity contribution is -0.150. The molecular formula is C28H22F4N6O2. The van der Waals surface area contributed by atoms with E-state index < -0.39 is 35.7 Å². The van der Waals surface area contributed by atoms with Crippen LogP contribution in [0.15, 0.2) is 67.1 Å². The van der Waals surface area contributed by atoms with Gasteiger partial charge in [0.25, 0.3) is 0 Å². The second kappa shape index (κ2) is 10.4. The number of imidazole rings is 1. The number of esters is 1. The second-order valence-electron chi connectivity index (χ2n) is 9.34. The van der Waals surface area contributed by atoms with Gasteiger partial charge in [-0.1, -0.05) is 29.8 Å². The van der Waals surface area contributed by atoms with Crippen molar-refractivity contribution in [3.05, 3.63) is 89.8 Å². The van der Waals surface area contributed by atoms with Crippen LogP contribution in [0.5, 0.6) is 0 Å². The molecule has 5 rings (SSSR count). The number of carbonyl (C=O) groups is 1. The van der Waals surface area contributed by atoms with E-state index in [1.165, 1.54) is 47.4 Å². The zero-order chi connectivity index (χ0) is 28.6. The summed E-state index contributed by atoms with van der Waals surface area (Å²) < 4.78 is 62.1. The lowest BCUT2D eigenvalue weighted by Crippen LogP contribution is -2.27. The minimum Gasteiger partial charge on any atom is -0.461 e. The summed E-state index contributed by atoms with van der Waals surface area (Å²) in [7, 11) is 0. The van der Waals surface area contributed by atoms with Crippen molar-refractivity contribution in [3.63, 3.8) is 0 Å². The molecule has 12 heteroatoms. The van der Waals surface area contributed by atoms with E-state index in [4.69, 9.17) is 4.74 Å². The van der Waals surface area contributed by atoms with E-state index in [1.54, 1.807) is 39.0 Å². The van der Waals surface area contributed by atoms with Gasteiger partial charge in [0.1, 0.15) is 11.5 Å². The average molecular weight is 551 g/mol. The molecule has 0 fully saturated rings. The molecule has 3 heterocycles. The molecule has 2 aliphatic heterocycles. The molecule has 204 valence electrons. The van der Waals surface area contributed by atoms with Crippen LogP contribution in [-0.4, -0.2) is 41.8 Å². The van der Waals surface area contributed by atoms with Crippen LogP contribution in [0.2, 0.25) is 0 Å². The zero-order valence-corrected chi connectivity index (χ0v) is 21.5. The van der Waals surface area contributed by atoms with E-state index in [0.717, 1.165) is 6.07 Å². The minimum absolute atomic E-state index is 0.0120. The topological polar surface area (TPSA) is 95.7 Å². The van der Waals surface area contributed by atoms with Crippen molar-refractivity contribution in [2.75, 3.05) is 0 Å². The first-order chi connectivity index (χ1) is 19.0. The molecule has 0 spiro atoms. The molecule has 2 aliphatic rings. The van der Waals surface area contributed by atoms with Crippen LogP contribution >= 0.6 is 0 Å². The first-order valence-corrected chi connectivity index (χ1v) is 12.2. The second-order valence-corrected chi connectivity index (χ2v) is 9.34. The maximum atomic E-state index is 14.3. The smallest absolute Gasteiger partial charge is 0.417 e. The number of halogens is 4. The van der Waals surface area contributed by atoms with Gasteiger partial charge in [0.15, 0.2) is 17.7 Å². The highest BCUT2D eigenvalue weighted by atomic mass is 19.4. The van der Waals surface area contributed by atoms with Gasteiger partial charge in [-0.2, -0.15) is 23.4 Å². The first-order valence-electron chi connectivity index (χ1n) is 12.2. The summed E-state index contributed by atoms with van der Waals surface area (Å²) in [6.07, 6.45) is -2.24. The Morgan fingerprint density at radius 1 is 0.925 bits per heavy atom. The van der Waals surface area contributed by atoms with Gasteiger partial charge in [0.2, 0.25) is 0 Å². The first kappa shape index (κ1) is 26.9. The van der Waals surface area contributed by atoms with E-state index >= 15 is 0 Å². The SMILES string of the molecule is Cc1ccc(-c2ccc(C(C(=O)OC(C)C)n3cnc4nc(-c5ccccc5F)nc-4c3)nn2)c(C(F)(F)F)c1. The molecule has 8 nitrogen and oxygen atoms in total. The van der Waals surface area contributed by atoms with Crippen molar-refractivity contribution >= 4 is 5.97 Å². The Balaban J connectivity index is 1.55. The number of benzene rings is 2. The third kappa shape index (κ3) is 5.37. The van der Waals surface area contributed by atoms with Gasteiger partial charge in [-0.3, -0.25) is 0 Å². The Labute approximate surface area is 226 Å². The van der Waals surface area contributed by atoms with E-state index in [1.807, 2.05) is 0 Å². The zero-order valence-electron chi connectivity index (χ0n) is 21.5. The van der Waals surface area contributed by atoms with Gasteiger partial charge in [-0.25, -0.2) is 24.1 Å². The van der Waals surface area contributed by atoms with Gasteiger partial charge in [0, 0.05) is 11.8 Å². The van der Waals surface area contributed by atoms with Crippen molar-refractivity contribution in [1.82, 2.24) is 29.7 Å². The van der Waals surface area contributed by atoms with Gasteiger partial charge >= 0.3 is 12.1 Å². The van der Waals surface area contributed by atoms with Crippen LogP contribution in [-0.2, 0) is 15.7 Å². The van der Waals surface area contributed by atoms with Crippen LogP contribution in [0.4, 0.5) is 17.6 Å². The van der Waals surface area contributed by atoms with Gasteiger partial charge in [0.05, 0.1) is 34.9 Å². The lowest BCUT2D eigenvalue weighted by atomic mass is 10.0. The highest BCUT2D eigenvalue weighted by Crippen LogP contribution is 2.37. The summed E-state index contributed by atoms with van der Waals surface area (Å²) in [4.78, 5) is 26.1. The Kier molecular flexibility index (Phi) is 7.01.